The van der Waals surface area contributed by atoms with E-state index in [0.29, 0.717) is 30.9 Å². The molecular formula is C13H19NO4. The zero-order chi connectivity index (χ0) is 13.0. The van der Waals surface area contributed by atoms with Crippen LogP contribution in [-0.4, -0.2) is 53.1 Å². The lowest BCUT2D eigenvalue weighted by molar-refractivity contribution is 0.0143. The van der Waals surface area contributed by atoms with E-state index in [9.17, 15) is 10.2 Å². The lowest BCUT2D eigenvalue weighted by Gasteiger charge is -2.28. The highest BCUT2D eigenvalue weighted by atomic mass is 16.5. The first-order chi connectivity index (χ1) is 8.70. The van der Waals surface area contributed by atoms with E-state index >= 15 is 0 Å². The van der Waals surface area contributed by atoms with Crippen LogP contribution in [0.2, 0.25) is 0 Å². The number of nitrogens with zero attached hydrogens (tertiary/aromatic N) is 1. The Hall–Kier alpha value is -1.14. The minimum Gasteiger partial charge on any atom is -0.508 e. The van der Waals surface area contributed by atoms with Gasteiger partial charge in [-0.15, -0.1) is 0 Å². The van der Waals surface area contributed by atoms with Crippen molar-refractivity contribution in [3.05, 3.63) is 29.3 Å². The minimum atomic E-state index is -0.617. The Bertz CT molecular complexity index is 391. The van der Waals surface area contributed by atoms with Crippen LogP contribution in [0, 0.1) is 0 Å². The maximum atomic E-state index is 10.1. The second-order valence-corrected chi connectivity index (χ2v) is 4.48. The lowest BCUT2D eigenvalue weighted by atomic mass is 10.0. The van der Waals surface area contributed by atoms with Crippen molar-refractivity contribution in [1.29, 1.82) is 0 Å². The zero-order valence-corrected chi connectivity index (χ0v) is 10.2. The number of rotatable bonds is 4. The molecule has 1 fully saturated rings. The summed E-state index contributed by atoms with van der Waals surface area (Å²) in [6.07, 6.45) is -0.617. The Morgan fingerprint density at radius 2 is 2.00 bits per heavy atom. The molecule has 0 radical (unpaired) electrons. The summed E-state index contributed by atoms with van der Waals surface area (Å²) in [5.41, 5.74) is 1.15. The maximum absolute atomic E-state index is 10.1. The lowest BCUT2D eigenvalue weighted by Crippen LogP contribution is -2.38. The first-order valence-electron chi connectivity index (χ1n) is 6.11. The topological polar surface area (TPSA) is 73.2 Å². The molecule has 1 heterocycles. The number of morpholine rings is 1. The molecular weight excluding hydrogens is 234 g/mol. The number of aromatic hydroxyl groups is 1. The van der Waals surface area contributed by atoms with Gasteiger partial charge in [0.2, 0.25) is 0 Å². The van der Waals surface area contributed by atoms with E-state index in [4.69, 9.17) is 9.84 Å². The summed E-state index contributed by atoms with van der Waals surface area (Å²) in [5.74, 6) is 0.0554. The predicted molar refractivity (Wildman–Crippen MR) is 66.2 cm³/mol. The van der Waals surface area contributed by atoms with Crippen molar-refractivity contribution in [3.63, 3.8) is 0 Å². The van der Waals surface area contributed by atoms with Gasteiger partial charge in [-0.05, 0) is 17.7 Å². The van der Waals surface area contributed by atoms with Crippen LogP contribution in [-0.2, 0) is 11.3 Å². The molecule has 18 heavy (non-hydrogen) atoms. The largest absolute Gasteiger partial charge is 0.508 e. The Labute approximate surface area is 106 Å². The number of β-amino-alcohol motifs (C(OH)–C–C–N with tert-alkyl or cyclic N) is 1. The van der Waals surface area contributed by atoms with E-state index in [-0.39, 0.29) is 12.4 Å². The number of phenols is 1. The van der Waals surface area contributed by atoms with Gasteiger partial charge in [0.05, 0.1) is 25.9 Å². The molecule has 1 aromatic carbocycles. The average molecular weight is 253 g/mol. The zero-order valence-electron chi connectivity index (χ0n) is 10.2. The molecule has 1 aliphatic heterocycles. The molecule has 1 unspecified atom stereocenters. The van der Waals surface area contributed by atoms with E-state index in [1.165, 1.54) is 6.07 Å². The molecule has 1 aromatic rings. The highest BCUT2D eigenvalue weighted by molar-refractivity contribution is 5.36. The van der Waals surface area contributed by atoms with Crippen LogP contribution in [0.25, 0.3) is 0 Å². The van der Waals surface area contributed by atoms with Crippen molar-refractivity contribution in [2.45, 2.75) is 12.7 Å². The van der Waals surface area contributed by atoms with Crippen molar-refractivity contribution in [3.8, 4) is 5.75 Å². The van der Waals surface area contributed by atoms with Gasteiger partial charge in [0.25, 0.3) is 0 Å². The average Bonchev–Trinajstić information content (AvgIpc) is 2.40. The van der Waals surface area contributed by atoms with E-state index in [1.54, 1.807) is 12.1 Å². The van der Waals surface area contributed by atoms with Crippen molar-refractivity contribution < 1.29 is 20.1 Å². The monoisotopic (exact) mass is 253 g/mol. The van der Waals surface area contributed by atoms with Crippen LogP contribution in [0.15, 0.2) is 18.2 Å². The molecule has 0 bridgehead atoms. The SMILES string of the molecule is OCc1cc(C(O)CN2CCOCC2)ccc1O. The summed E-state index contributed by atoms with van der Waals surface area (Å²) in [6, 6.07) is 4.82. The van der Waals surface area contributed by atoms with Gasteiger partial charge < -0.3 is 20.1 Å². The maximum Gasteiger partial charge on any atom is 0.121 e. The van der Waals surface area contributed by atoms with Gasteiger partial charge in [-0.25, -0.2) is 0 Å². The smallest absolute Gasteiger partial charge is 0.121 e. The second kappa shape index (κ2) is 6.15. The molecule has 0 aromatic heterocycles. The number of aliphatic hydroxyl groups is 2. The van der Waals surface area contributed by atoms with Crippen LogP contribution < -0.4 is 0 Å². The molecule has 0 spiro atoms. The molecule has 2 rings (SSSR count). The molecule has 0 amide bonds. The number of ether oxygens (including phenoxy) is 1. The Morgan fingerprint density at radius 1 is 1.28 bits per heavy atom. The van der Waals surface area contributed by atoms with E-state index in [1.807, 2.05) is 0 Å². The Kier molecular flexibility index (Phi) is 4.54. The highest BCUT2D eigenvalue weighted by Gasteiger charge is 2.17. The quantitative estimate of drug-likeness (QED) is 0.717. The van der Waals surface area contributed by atoms with Crippen LogP contribution >= 0.6 is 0 Å². The van der Waals surface area contributed by atoms with Crippen LogP contribution in [0.5, 0.6) is 5.75 Å². The van der Waals surface area contributed by atoms with Gasteiger partial charge >= 0.3 is 0 Å². The molecule has 100 valence electrons. The van der Waals surface area contributed by atoms with Crippen LogP contribution in [0.3, 0.4) is 0 Å². The third-order valence-corrected chi connectivity index (χ3v) is 3.19. The van der Waals surface area contributed by atoms with Gasteiger partial charge in [0, 0.05) is 25.2 Å². The fraction of sp³-hybridized carbons (Fsp3) is 0.538. The summed E-state index contributed by atoms with van der Waals surface area (Å²) in [4.78, 5) is 2.14. The van der Waals surface area contributed by atoms with Crippen LogP contribution in [0.4, 0.5) is 0 Å². The number of benzene rings is 1. The second-order valence-electron chi connectivity index (χ2n) is 4.48. The van der Waals surface area contributed by atoms with Gasteiger partial charge in [0.15, 0.2) is 0 Å². The van der Waals surface area contributed by atoms with Crippen LogP contribution in [0.1, 0.15) is 17.2 Å². The third-order valence-electron chi connectivity index (χ3n) is 3.19. The van der Waals surface area contributed by atoms with Gasteiger partial charge in [-0.1, -0.05) is 6.07 Å². The van der Waals surface area contributed by atoms with Crippen molar-refractivity contribution in [2.24, 2.45) is 0 Å². The summed E-state index contributed by atoms with van der Waals surface area (Å²) >= 11 is 0. The number of hydrogen-bond acceptors (Lipinski definition) is 5. The predicted octanol–water partition coefficient (Wildman–Crippen LogP) is 0.250. The molecule has 1 aliphatic rings. The molecule has 1 atom stereocenters. The summed E-state index contributed by atoms with van der Waals surface area (Å²) < 4.78 is 5.25. The van der Waals surface area contributed by atoms with E-state index in [2.05, 4.69) is 4.90 Å². The first kappa shape index (κ1) is 13.3. The number of hydrogen-bond donors (Lipinski definition) is 3. The molecule has 1 saturated heterocycles. The Balaban J connectivity index is 2.01. The number of aliphatic hydroxyl groups excluding tert-OH is 2. The van der Waals surface area contributed by atoms with Crippen molar-refractivity contribution >= 4 is 0 Å². The van der Waals surface area contributed by atoms with E-state index in [0.717, 1.165) is 13.1 Å². The van der Waals surface area contributed by atoms with Gasteiger partial charge in [0.1, 0.15) is 5.75 Å². The third kappa shape index (κ3) is 3.20. The first-order valence-corrected chi connectivity index (χ1v) is 6.11. The highest BCUT2D eigenvalue weighted by Crippen LogP contribution is 2.23. The summed E-state index contributed by atoms with van der Waals surface area (Å²) in [6.45, 7) is 3.35. The Morgan fingerprint density at radius 3 is 2.67 bits per heavy atom. The standard InChI is InChI=1S/C13H19NO4/c15-9-11-7-10(1-2-12(11)16)13(17)8-14-3-5-18-6-4-14/h1-2,7,13,15-17H,3-6,8-9H2. The molecule has 0 saturated carbocycles. The molecule has 5 nitrogen and oxygen atoms in total. The fourth-order valence-corrected chi connectivity index (χ4v) is 2.07. The summed E-state index contributed by atoms with van der Waals surface area (Å²) in [5, 5.41) is 28.7. The fourth-order valence-electron chi connectivity index (χ4n) is 2.07. The van der Waals surface area contributed by atoms with Crippen molar-refractivity contribution in [2.75, 3.05) is 32.8 Å². The van der Waals surface area contributed by atoms with Gasteiger partial charge in [-0.3, -0.25) is 4.90 Å². The summed E-state index contributed by atoms with van der Waals surface area (Å²) in [7, 11) is 0. The molecule has 3 N–H and O–H groups in total. The van der Waals surface area contributed by atoms with Gasteiger partial charge in [-0.2, -0.15) is 0 Å². The molecule has 0 aliphatic carbocycles. The normalized spacial score (nSPS) is 18.8. The minimum absolute atomic E-state index is 0.0554. The van der Waals surface area contributed by atoms with E-state index < -0.39 is 6.10 Å². The molecule has 5 heteroatoms. The van der Waals surface area contributed by atoms with Crippen molar-refractivity contribution in [1.82, 2.24) is 4.90 Å².